The van der Waals surface area contributed by atoms with Crippen molar-refractivity contribution in [1.29, 1.82) is 0 Å². The summed E-state index contributed by atoms with van der Waals surface area (Å²) in [5, 5.41) is 6.89. The first kappa shape index (κ1) is 17.8. The highest BCUT2D eigenvalue weighted by Crippen LogP contribution is 2.31. The predicted octanol–water partition coefficient (Wildman–Crippen LogP) is 3.39. The molecule has 0 unspecified atom stereocenters. The number of aromatic nitrogens is 2. The normalized spacial score (nSPS) is 13.7. The number of benzene rings is 2. The van der Waals surface area contributed by atoms with Crippen LogP contribution in [0, 0.1) is 0 Å². The Bertz CT molecular complexity index is 967. The van der Waals surface area contributed by atoms with Gasteiger partial charge in [0, 0.05) is 24.7 Å². The van der Waals surface area contributed by atoms with E-state index in [2.05, 4.69) is 15.5 Å². The number of carbonyl (C=O) groups is 1. The van der Waals surface area contributed by atoms with Gasteiger partial charge in [-0.25, -0.2) is 4.79 Å². The molecule has 2 heterocycles. The Morgan fingerprint density at radius 3 is 2.64 bits per heavy atom. The molecule has 1 aliphatic rings. The fourth-order valence-electron chi connectivity index (χ4n) is 3.00. The molecule has 1 fully saturated rings. The van der Waals surface area contributed by atoms with Crippen LogP contribution in [0.3, 0.4) is 0 Å². The van der Waals surface area contributed by atoms with Gasteiger partial charge in [-0.15, -0.1) is 0 Å². The lowest BCUT2D eigenvalue weighted by Gasteiger charge is -2.36. The van der Waals surface area contributed by atoms with Gasteiger partial charge in [-0.2, -0.15) is 4.98 Å². The monoisotopic (exact) mass is 380 g/mol. The molecule has 144 valence electrons. The Labute approximate surface area is 162 Å². The van der Waals surface area contributed by atoms with E-state index in [-0.39, 0.29) is 11.9 Å². The molecule has 3 aromatic rings. The van der Waals surface area contributed by atoms with Gasteiger partial charge in [0.15, 0.2) is 0 Å². The molecule has 8 nitrogen and oxygen atoms in total. The molecule has 1 aromatic heterocycles. The summed E-state index contributed by atoms with van der Waals surface area (Å²) in [5.74, 6) is 2.33. The predicted molar refractivity (Wildman–Crippen MR) is 103 cm³/mol. The number of anilines is 1. The summed E-state index contributed by atoms with van der Waals surface area (Å²) < 4.78 is 15.9. The Morgan fingerprint density at radius 1 is 1.14 bits per heavy atom. The van der Waals surface area contributed by atoms with Crippen molar-refractivity contribution in [3.8, 4) is 22.9 Å². The van der Waals surface area contributed by atoms with Crippen LogP contribution >= 0.6 is 0 Å². The van der Waals surface area contributed by atoms with E-state index in [4.69, 9.17) is 14.0 Å². The largest absolute Gasteiger partial charge is 0.497 e. The number of hydrogen-bond donors (Lipinski definition) is 1. The summed E-state index contributed by atoms with van der Waals surface area (Å²) in [6.45, 7) is 1.03. The number of amides is 2. The van der Waals surface area contributed by atoms with Crippen molar-refractivity contribution < 1.29 is 18.8 Å². The number of nitrogens with one attached hydrogen (secondary N) is 1. The molecule has 4 rings (SSSR count). The highest BCUT2D eigenvalue weighted by Gasteiger charge is 2.36. The molecule has 28 heavy (non-hydrogen) atoms. The third-order valence-corrected chi connectivity index (χ3v) is 4.64. The summed E-state index contributed by atoms with van der Waals surface area (Å²) in [5.41, 5.74) is 1.49. The molecule has 0 spiro atoms. The zero-order chi connectivity index (χ0) is 19.5. The first-order valence-electron chi connectivity index (χ1n) is 8.85. The van der Waals surface area contributed by atoms with E-state index in [1.165, 1.54) is 0 Å². The maximum Gasteiger partial charge on any atom is 0.321 e. The quantitative estimate of drug-likeness (QED) is 0.730. The van der Waals surface area contributed by atoms with Crippen LogP contribution in [0.5, 0.6) is 11.5 Å². The standard InChI is InChI=1S/C20H20N4O4/c1-26-15-8-9-16(17(10-15)27-2)21-20(25)24-11-14(12-24)19-22-18(23-28-19)13-6-4-3-5-7-13/h3-10,14H,11-12H2,1-2H3,(H,21,25). The molecule has 0 saturated carbocycles. The molecular weight excluding hydrogens is 360 g/mol. The summed E-state index contributed by atoms with van der Waals surface area (Å²) in [4.78, 5) is 18.6. The fourth-order valence-corrected chi connectivity index (χ4v) is 3.00. The van der Waals surface area contributed by atoms with Crippen molar-refractivity contribution in [3.05, 3.63) is 54.4 Å². The molecule has 0 radical (unpaired) electrons. The highest BCUT2D eigenvalue weighted by atomic mass is 16.5. The van der Waals surface area contributed by atoms with Crippen LogP contribution in [-0.2, 0) is 0 Å². The van der Waals surface area contributed by atoms with Crippen molar-refractivity contribution in [2.24, 2.45) is 0 Å². The number of hydrogen-bond acceptors (Lipinski definition) is 6. The second-order valence-electron chi connectivity index (χ2n) is 6.42. The Balaban J connectivity index is 1.37. The van der Waals surface area contributed by atoms with Crippen molar-refractivity contribution in [1.82, 2.24) is 15.0 Å². The SMILES string of the molecule is COc1ccc(NC(=O)N2CC(c3nc(-c4ccccc4)no3)C2)c(OC)c1. The molecule has 0 bridgehead atoms. The zero-order valence-corrected chi connectivity index (χ0v) is 15.6. The van der Waals surface area contributed by atoms with E-state index >= 15 is 0 Å². The highest BCUT2D eigenvalue weighted by molar-refractivity contribution is 5.91. The second kappa shape index (κ2) is 7.59. The lowest BCUT2D eigenvalue weighted by atomic mass is 10.0. The summed E-state index contributed by atoms with van der Waals surface area (Å²) >= 11 is 0. The molecule has 2 amide bonds. The van der Waals surface area contributed by atoms with E-state index in [0.29, 0.717) is 42.0 Å². The van der Waals surface area contributed by atoms with Gasteiger partial charge < -0.3 is 24.2 Å². The van der Waals surface area contributed by atoms with Crippen molar-refractivity contribution in [3.63, 3.8) is 0 Å². The molecule has 1 N–H and O–H groups in total. The van der Waals surface area contributed by atoms with Crippen LogP contribution in [0.15, 0.2) is 53.1 Å². The van der Waals surface area contributed by atoms with Crippen LogP contribution in [0.4, 0.5) is 10.5 Å². The number of nitrogens with zero attached hydrogens (tertiary/aromatic N) is 3. The van der Waals surface area contributed by atoms with Gasteiger partial charge in [0.25, 0.3) is 0 Å². The number of urea groups is 1. The van der Waals surface area contributed by atoms with Crippen molar-refractivity contribution in [2.75, 3.05) is 32.6 Å². The van der Waals surface area contributed by atoms with Crippen LogP contribution in [0.2, 0.25) is 0 Å². The summed E-state index contributed by atoms with van der Waals surface area (Å²) in [7, 11) is 3.12. The minimum absolute atomic E-state index is 0.0356. The summed E-state index contributed by atoms with van der Waals surface area (Å²) in [6.07, 6.45) is 0. The molecule has 1 saturated heterocycles. The maximum absolute atomic E-state index is 12.5. The number of ether oxygens (including phenoxy) is 2. The Kier molecular flexibility index (Phi) is 4.84. The summed E-state index contributed by atoms with van der Waals surface area (Å²) in [6, 6.07) is 14.7. The van der Waals surface area contributed by atoms with E-state index in [1.54, 1.807) is 37.3 Å². The first-order chi connectivity index (χ1) is 13.7. The van der Waals surface area contributed by atoms with Crippen molar-refractivity contribution >= 4 is 11.7 Å². The van der Waals surface area contributed by atoms with Gasteiger partial charge in [0.1, 0.15) is 11.5 Å². The molecule has 0 aliphatic carbocycles. The average Bonchev–Trinajstić information content (AvgIpc) is 3.17. The van der Waals surface area contributed by atoms with Crippen LogP contribution in [0.25, 0.3) is 11.4 Å². The van der Waals surface area contributed by atoms with E-state index in [9.17, 15) is 4.79 Å². The van der Waals surface area contributed by atoms with Crippen LogP contribution < -0.4 is 14.8 Å². The van der Waals surface area contributed by atoms with Gasteiger partial charge in [-0.1, -0.05) is 35.5 Å². The van der Waals surface area contributed by atoms with E-state index in [1.807, 2.05) is 30.3 Å². The van der Waals surface area contributed by atoms with Gasteiger partial charge in [0.05, 0.1) is 25.8 Å². The van der Waals surface area contributed by atoms with Gasteiger partial charge in [0.2, 0.25) is 11.7 Å². The Hall–Kier alpha value is -3.55. The molecular formula is C20H20N4O4. The third-order valence-electron chi connectivity index (χ3n) is 4.64. The average molecular weight is 380 g/mol. The zero-order valence-electron chi connectivity index (χ0n) is 15.6. The molecule has 0 atom stereocenters. The topological polar surface area (TPSA) is 89.7 Å². The number of methoxy groups -OCH3 is 2. The second-order valence-corrected chi connectivity index (χ2v) is 6.42. The number of carbonyl (C=O) groups excluding carboxylic acids is 1. The lowest BCUT2D eigenvalue weighted by Crippen LogP contribution is -2.50. The number of likely N-dealkylation sites (tertiary alicyclic amines) is 1. The van der Waals surface area contributed by atoms with Gasteiger partial charge in [-0.3, -0.25) is 0 Å². The molecule has 2 aromatic carbocycles. The van der Waals surface area contributed by atoms with Gasteiger partial charge in [-0.05, 0) is 12.1 Å². The molecule has 1 aliphatic heterocycles. The van der Waals surface area contributed by atoms with Crippen LogP contribution in [0.1, 0.15) is 11.8 Å². The minimum Gasteiger partial charge on any atom is -0.497 e. The minimum atomic E-state index is -0.206. The van der Waals surface area contributed by atoms with E-state index in [0.717, 1.165) is 5.56 Å². The third kappa shape index (κ3) is 3.48. The van der Waals surface area contributed by atoms with Crippen LogP contribution in [-0.4, -0.2) is 48.4 Å². The smallest absolute Gasteiger partial charge is 0.321 e. The fraction of sp³-hybridized carbons (Fsp3) is 0.250. The van der Waals surface area contributed by atoms with Crippen molar-refractivity contribution in [2.45, 2.75) is 5.92 Å². The first-order valence-corrected chi connectivity index (χ1v) is 8.85. The Morgan fingerprint density at radius 2 is 1.93 bits per heavy atom. The van der Waals surface area contributed by atoms with Gasteiger partial charge >= 0.3 is 6.03 Å². The number of rotatable bonds is 5. The maximum atomic E-state index is 12.5. The molecule has 8 heteroatoms. The lowest BCUT2D eigenvalue weighted by molar-refractivity contribution is 0.147. The van der Waals surface area contributed by atoms with E-state index < -0.39 is 0 Å².